The average molecular weight is 291 g/mol. The van der Waals surface area contributed by atoms with E-state index in [2.05, 4.69) is 41.3 Å². The van der Waals surface area contributed by atoms with Crippen molar-refractivity contribution >= 4 is 0 Å². The van der Waals surface area contributed by atoms with Gasteiger partial charge in [0.1, 0.15) is 6.54 Å². The van der Waals surface area contributed by atoms with Crippen molar-refractivity contribution in [3.05, 3.63) is 28.7 Å². The Morgan fingerprint density at radius 3 is 2.71 bits per heavy atom. The van der Waals surface area contributed by atoms with Crippen molar-refractivity contribution < 1.29 is 4.52 Å². The number of nitrogens with zero attached hydrogens (tertiary/aromatic N) is 4. The molecule has 0 bridgehead atoms. The van der Waals surface area contributed by atoms with E-state index in [-0.39, 0.29) is 0 Å². The van der Waals surface area contributed by atoms with Crippen molar-refractivity contribution in [2.24, 2.45) is 0 Å². The number of aryl methyl sites for hydroxylation is 2. The van der Waals surface area contributed by atoms with E-state index in [0.717, 1.165) is 43.7 Å². The van der Waals surface area contributed by atoms with E-state index < -0.39 is 0 Å². The fourth-order valence-corrected chi connectivity index (χ4v) is 2.34. The third kappa shape index (κ3) is 3.91. The average Bonchev–Trinajstić information content (AvgIpc) is 2.99. The molecule has 0 saturated heterocycles. The predicted octanol–water partition coefficient (Wildman–Crippen LogP) is 2.38. The predicted molar refractivity (Wildman–Crippen MR) is 81.1 cm³/mol. The van der Waals surface area contributed by atoms with Gasteiger partial charge in [0.15, 0.2) is 5.82 Å². The molecule has 21 heavy (non-hydrogen) atoms. The van der Waals surface area contributed by atoms with E-state index in [1.54, 1.807) is 0 Å². The molecule has 2 aromatic rings. The fourth-order valence-electron chi connectivity index (χ4n) is 2.34. The largest absolute Gasteiger partial charge is 0.339 e. The Kier molecular flexibility index (Phi) is 5.50. The lowest BCUT2D eigenvalue weighted by atomic mass is 10.2. The van der Waals surface area contributed by atoms with Crippen LogP contribution < -0.4 is 5.32 Å². The van der Waals surface area contributed by atoms with Gasteiger partial charge in [0.2, 0.25) is 5.89 Å². The number of aromatic nitrogens is 4. The molecule has 0 aliphatic rings. The van der Waals surface area contributed by atoms with E-state index in [9.17, 15) is 0 Å². The first-order valence-electron chi connectivity index (χ1n) is 7.70. The van der Waals surface area contributed by atoms with Crippen LogP contribution in [0, 0.1) is 13.8 Å². The van der Waals surface area contributed by atoms with Gasteiger partial charge in [-0.3, -0.25) is 4.68 Å². The molecule has 1 N–H and O–H groups in total. The van der Waals surface area contributed by atoms with Gasteiger partial charge in [-0.05, 0) is 33.2 Å². The van der Waals surface area contributed by atoms with Crippen LogP contribution in [0.4, 0.5) is 0 Å². The monoisotopic (exact) mass is 291 g/mol. The van der Waals surface area contributed by atoms with E-state index in [4.69, 9.17) is 4.52 Å². The Bertz CT molecular complexity index is 573. The van der Waals surface area contributed by atoms with Crippen molar-refractivity contribution in [1.82, 2.24) is 25.2 Å². The van der Waals surface area contributed by atoms with Gasteiger partial charge in [-0.25, -0.2) is 0 Å². The smallest absolute Gasteiger partial charge is 0.226 e. The lowest BCUT2D eigenvalue weighted by molar-refractivity contribution is 0.370. The normalized spacial score (nSPS) is 11.2. The van der Waals surface area contributed by atoms with Crippen LogP contribution in [0.2, 0.25) is 0 Å². The second-order valence-corrected chi connectivity index (χ2v) is 5.34. The Morgan fingerprint density at radius 2 is 2.00 bits per heavy atom. The van der Waals surface area contributed by atoms with Crippen LogP contribution in [0.1, 0.15) is 55.4 Å². The zero-order chi connectivity index (χ0) is 15.2. The van der Waals surface area contributed by atoms with Crippen LogP contribution in [0.5, 0.6) is 0 Å². The van der Waals surface area contributed by atoms with Gasteiger partial charge in [-0.2, -0.15) is 10.1 Å². The van der Waals surface area contributed by atoms with E-state index in [0.29, 0.717) is 18.3 Å². The summed E-state index contributed by atoms with van der Waals surface area (Å²) in [6.45, 7) is 10.9. The molecule has 0 aliphatic heterocycles. The molecule has 0 unspecified atom stereocenters. The zero-order valence-electron chi connectivity index (χ0n) is 13.4. The quantitative estimate of drug-likeness (QED) is 0.756. The maximum absolute atomic E-state index is 5.22. The minimum Gasteiger partial charge on any atom is -0.339 e. The fraction of sp³-hybridized carbons (Fsp3) is 0.667. The minimum atomic E-state index is 0.563. The summed E-state index contributed by atoms with van der Waals surface area (Å²) in [6.07, 6.45) is 2.97. The van der Waals surface area contributed by atoms with Crippen molar-refractivity contribution in [3.63, 3.8) is 0 Å². The molecule has 0 spiro atoms. The van der Waals surface area contributed by atoms with E-state index in [1.807, 2.05) is 11.6 Å². The van der Waals surface area contributed by atoms with Gasteiger partial charge >= 0.3 is 0 Å². The molecule has 0 aliphatic carbocycles. The first-order chi connectivity index (χ1) is 10.2. The Hall–Kier alpha value is -1.69. The first-order valence-corrected chi connectivity index (χ1v) is 7.70. The highest BCUT2D eigenvalue weighted by molar-refractivity contribution is 5.24. The van der Waals surface area contributed by atoms with Gasteiger partial charge in [0.05, 0.1) is 5.69 Å². The summed E-state index contributed by atoms with van der Waals surface area (Å²) in [5, 5.41) is 12.0. The number of hydrogen-bond donors (Lipinski definition) is 1. The molecule has 2 aromatic heterocycles. The highest BCUT2D eigenvalue weighted by atomic mass is 16.5. The highest BCUT2D eigenvalue weighted by Gasteiger charge is 2.13. The number of hydrogen-bond acceptors (Lipinski definition) is 5. The third-order valence-corrected chi connectivity index (χ3v) is 3.53. The standard InChI is InChI=1S/C15H25N5O/c1-5-7-15-17-14(19-21-15)10-20-12(4)13(11(3)18-20)9-16-8-6-2/h16H,5-10H2,1-4H3. The molecule has 6 nitrogen and oxygen atoms in total. The lowest BCUT2D eigenvalue weighted by Crippen LogP contribution is -2.15. The third-order valence-electron chi connectivity index (χ3n) is 3.53. The Balaban J connectivity index is 2.07. The molecule has 0 saturated carbocycles. The summed E-state index contributed by atoms with van der Waals surface area (Å²) in [6, 6.07) is 0. The van der Waals surface area contributed by atoms with Crippen LogP contribution in [-0.4, -0.2) is 26.5 Å². The number of nitrogens with one attached hydrogen (secondary N) is 1. The zero-order valence-corrected chi connectivity index (χ0v) is 13.4. The first kappa shape index (κ1) is 15.7. The van der Waals surface area contributed by atoms with Gasteiger partial charge in [0.25, 0.3) is 0 Å². The maximum Gasteiger partial charge on any atom is 0.226 e. The molecule has 2 heterocycles. The SMILES string of the molecule is CCCNCc1c(C)nn(Cc2noc(CCC)n2)c1C. The molecular weight excluding hydrogens is 266 g/mol. The van der Waals surface area contributed by atoms with Crippen LogP contribution in [0.25, 0.3) is 0 Å². The summed E-state index contributed by atoms with van der Waals surface area (Å²) < 4.78 is 7.18. The summed E-state index contributed by atoms with van der Waals surface area (Å²) in [5.41, 5.74) is 3.49. The van der Waals surface area contributed by atoms with Crippen molar-refractivity contribution in [2.75, 3.05) is 6.54 Å². The lowest BCUT2D eigenvalue weighted by Gasteiger charge is -2.04. The van der Waals surface area contributed by atoms with E-state index >= 15 is 0 Å². The number of rotatable bonds is 8. The highest BCUT2D eigenvalue weighted by Crippen LogP contribution is 2.14. The molecule has 0 aromatic carbocycles. The summed E-state index contributed by atoms with van der Waals surface area (Å²) >= 11 is 0. The topological polar surface area (TPSA) is 68.8 Å². The Morgan fingerprint density at radius 1 is 1.19 bits per heavy atom. The molecule has 116 valence electrons. The Labute approximate surface area is 125 Å². The van der Waals surface area contributed by atoms with Gasteiger partial charge in [-0.15, -0.1) is 0 Å². The molecule has 0 amide bonds. The van der Waals surface area contributed by atoms with Crippen molar-refractivity contribution in [3.8, 4) is 0 Å². The maximum atomic E-state index is 5.22. The molecule has 2 rings (SSSR count). The van der Waals surface area contributed by atoms with Gasteiger partial charge in [0, 0.05) is 24.2 Å². The molecular formula is C15H25N5O. The molecule has 0 fully saturated rings. The second-order valence-electron chi connectivity index (χ2n) is 5.34. The molecule has 0 radical (unpaired) electrons. The van der Waals surface area contributed by atoms with Gasteiger partial charge in [-0.1, -0.05) is 19.0 Å². The van der Waals surface area contributed by atoms with Crippen LogP contribution in [0.15, 0.2) is 4.52 Å². The summed E-state index contributed by atoms with van der Waals surface area (Å²) in [4.78, 5) is 4.40. The van der Waals surface area contributed by atoms with Crippen LogP contribution in [0.3, 0.4) is 0 Å². The van der Waals surface area contributed by atoms with Crippen molar-refractivity contribution in [2.45, 2.75) is 60.0 Å². The minimum absolute atomic E-state index is 0.563. The molecule has 0 atom stereocenters. The van der Waals surface area contributed by atoms with E-state index in [1.165, 1.54) is 5.56 Å². The van der Waals surface area contributed by atoms with Gasteiger partial charge < -0.3 is 9.84 Å². The second kappa shape index (κ2) is 7.36. The molecule has 6 heteroatoms. The van der Waals surface area contributed by atoms with Crippen molar-refractivity contribution in [1.29, 1.82) is 0 Å². The van der Waals surface area contributed by atoms with Crippen LogP contribution >= 0.6 is 0 Å². The summed E-state index contributed by atoms with van der Waals surface area (Å²) in [5.74, 6) is 1.40. The summed E-state index contributed by atoms with van der Waals surface area (Å²) in [7, 11) is 0. The van der Waals surface area contributed by atoms with Crippen LogP contribution in [-0.2, 0) is 19.5 Å².